The van der Waals surface area contributed by atoms with Crippen LogP contribution in [-0.2, 0) is 17.9 Å². The van der Waals surface area contributed by atoms with Gasteiger partial charge in [-0.3, -0.25) is 14.4 Å². The van der Waals surface area contributed by atoms with Crippen molar-refractivity contribution in [2.45, 2.75) is 45.8 Å². The average molecular weight is 825 g/mol. The van der Waals surface area contributed by atoms with Crippen LogP contribution in [0, 0.1) is 13.8 Å². The van der Waals surface area contributed by atoms with E-state index in [0.29, 0.717) is 76.8 Å². The van der Waals surface area contributed by atoms with Gasteiger partial charge in [-0.2, -0.15) is 5.10 Å². The molecule has 4 aromatic carbocycles. The number of fused-ring (bicyclic) bond motifs is 1. The first-order valence-electron chi connectivity index (χ1n) is 19.7. The third kappa shape index (κ3) is 10.4. The molecule has 61 heavy (non-hydrogen) atoms. The number of anilines is 1. The van der Waals surface area contributed by atoms with E-state index < -0.39 is 7.12 Å². The number of carbonyl (C=O) groups is 3. The summed E-state index contributed by atoms with van der Waals surface area (Å²) >= 11 is 0. The van der Waals surface area contributed by atoms with Crippen molar-refractivity contribution >= 4 is 47.2 Å². The SMILES string of the molecule is C=CC(=O)N1CCC[C@@H](n2nc(-c3ccc(CNC(=O)c4ccc(C)cc4OC)cc3)c3c(N)ncnc32)C1.COc1cc(C)ccc1C(=O)NCc1ccc(B(O)O)cc1. The Balaban J connectivity index is 0.000000240. The van der Waals surface area contributed by atoms with Crippen molar-refractivity contribution < 1.29 is 33.9 Å². The van der Waals surface area contributed by atoms with Gasteiger partial charge >= 0.3 is 7.12 Å². The van der Waals surface area contributed by atoms with E-state index in [1.165, 1.54) is 19.5 Å². The highest BCUT2D eigenvalue weighted by atomic mass is 16.5. The van der Waals surface area contributed by atoms with E-state index in [2.05, 4.69) is 27.2 Å². The highest BCUT2D eigenvalue weighted by molar-refractivity contribution is 6.58. The van der Waals surface area contributed by atoms with E-state index in [4.69, 9.17) is 30.4 Å². The molecule has 6 aromatic rings. The van der Waals surface area contributed by atoms with Crippen LogP contribution in [0.3, 0.4) is 0 Å². The largest absolute Gasteiger partial charge is 0.496 e. The minimum atomic E-state index is -1.49. The van der Waals surface area contributed by atoms with Crippen molar-refractivity contribution in [2.75, 3.05) is 33.0 Å². The molecule has 314 valence electrons. The van der Waals surface area contributed by atoms with Crippen LogP contribution in [0.1, 0.15) is 61.9 Å². The van der Waals surface area contributed by atoms with Gasteiger partial charge in [0.1, 0.15) is 29.3 Å². The van der Waals surface area contributed by atoms with Crippen LogP contribution in [0.25, 0.3) is 22.3 Å². The fourth-order valence-corrected chi connectivity index (χ4v) is 7.05. The van der Waals surface area contributed by atoms with Crippen molar-refractivity contribution in [3.8, 4) is 22.8 Å². The van der Waals surface area contributed by atoms with Gasteiger partial charge in [0.15, 0.2) is 5.65 Å². The number of nitrogens with one attached hydrogen (secondary N) is 2. The molecule has 0 spiro atoms. The molecule has 1 saturated heterocycles. The molecule has 1 aliphatic heterocycles. The van der Waals surface area contributed by atoms with Crippen molar-refractivity contribution in [3.05, 3.63) is 137 Å². The zero-order valence-electron chi connectivity index (χ0n) is 34.6. The number of nitrogen functional groups attached to an aromatic ring is 1. The number of rotatable bonds is 12. The van der Waals surface area contributed by atoms with Crippen LogP contribution in [-0.4, -0.2) is 86.8 Å². The number of methoxy groups -OCH3 is 2. The molecule has 3 amide bonds. The predicted molar refractivity (Wildman–Crippen MR) is 234 cm³/mol. The smallest absolute Gasteiger partial charge is 0.488 e. The van der Waals surface area contributed by atoms with Crippen LogP contribution in [0.2, 0.25) is 0 Å². The number of benzene rings is 4. The quantitative estimate of drug-likeness (QED) is 0.0870. The second kappa shape index (κ2) is 19.8. The molecule has 15 nitrogen and oxygen atoms in total. The lowest BCUT2D eigenvalue weighted by atomic mass is 9.80. The zero-order valence-corrected chi connectivity index (χ0v) is 34.6. The second-order valence-corrected chi connectivity index (χ2v) is 14.6. The van der Waals surface area contributed by atoms with Gasteiger partial charge in [0.05, 0.1) is 36.8 Å². The summed E-state index contributed by atoms with van der Waals surface area (Å²) in [6.07, 6.45) is 4.50. The van der Waals surface area contributed by atoms with Gasteiger partial charge < -0.3 is 40.8 Å². The minimum absolute atomic E-state index is 0.0403. The highest BCUT2D eigenvalue weighted by Gasteiger charge is 2.28. The van der Waals surface area contributed by atoms with E-state index in [-0.39, 0.29) is 23.8 Å². The number of ether oxygens (including phenoxy) is 2. The molecule has 7 rings (SSSR count). The molecule has 3 heterocycles. The summed E-state index contributed by atoms with van der Waals surface area (Å²) in [4.78, 5) is 47.7. The van der Waals surface area contributed by atoms with Gasteiger partial charge in [-0.05, 0) is 84.7 Å². The fraction of sp³-hybridized carbons (Fsp3) is 0.244. The van der Waals surface area contributed by atoms with Crippen molar-refractivity contribution in [3.63, 3.8) is 0 Å². The molecule has 0 bridgehead atoms. The molecule has 0 unspecified atom stereocenters. The topological polar surface area (TPSA) is 207 Å². The standard InChI is InChI=1S/C29H31N7O3.C16H18BNO4/c1-4-24(37)35-13-5-6-21(16-35)36-28-25(27(30)32-17-33-28)26(34-36)20-10-8-19(9-11-20)15-31-29(38)22-12-7-18(2)14-23(22)39-3;1-11-3-8-14(15(9-11)22-2)16(19)18-10-12-4-6-13(7-5-12)17(20)21/h4,7-12,14,17,21H,1,5-6,13,15-16H2,2-3H3,(H,31,38)(H2,30,32,33);3-9,20-21H,10H2,1-2H3,(H,18,19)/t21-;/m1./s1. The third-order valence-corrected chi connectivity index (χ3v) is 10.4. The first-order chi connectivity index (χ1) is 29.4. The molecule has 1 aliphatic rings. The predicted octanol–water partition coefficient (Wildman–Crippen LogP) is 4.29. The number of hydrogen-bond donors (Lipinski definition) is 5. The number of nitrogens with zero attached hydrogens (tertiary/aromatic N) is 5. The van der Waals surface area contributed by atoms with Gasteiger partial charge in [0.25, 0.3) is 11.8 Å². The van der Waals surface area contributed by atoms with E-state index >= 15 is 0 Å². The third-order valence-electron chi connectivity index (χ3n) is 10.4. The molecule has 1 fully saturated rings. The van der Waals surface area contributed by atoms with Crippen LogP contribution < -0.4 is 31.3 Å². The number of amides is 3. The van der Waals surface area contributed by atoms with Gasteiger partial charge in [-0.1, -0.05) is 67.2 Å². The average Bonchev–Trinajstić information content (AvgIpc) is 3.68. The molecule has 6 N–H and O–H groups in total. The number of likely N-dealkylation sites (tertiary alicyclic amines) is 1. The van der Waals surface area contributed by atoms with E-state index in [0.717, 1.165) is 40.7 Å². The van der Waals surface area contributed by atoms with Crippen molar-refractivity contribution in [1.29, 1.82) is 0 Å². The lowest BCUT2D eigenvalue weighted by molar-refractivity contribution is -0.127. The lowest BCUT2D eigenvalue weighted by Gasteiger charge is -2.32. The maximum Gasteiger partial charge on any atom is 0.488 e. The van der Waals surface area contributed by atoms with Crippen molar-refractivity contribution in [2.24, 2.45) is 0 Å². The van der Waals surface area contributed by atoms with E-state index in [1.54, 1.807) is 48.4 Å². The number of aryl methyl sites for hydroxylation is 2. The van der Waals surface area contributed by atoms with E-state index in [1.807, 2.05) is 67.1 Å². The monoisotopic (exact) mass is 824 g/mol. The molecule has 16 heteroatoms. The first-order valence-corrected chi connectivity index (χ1v) is 19.7. The minimum Gasteiger partial charge on any atom is -0.496 e. The summed E-state index contributed by atoms with van der Waals surface area (Å²) < 4.78 is 12.5. The lowest BCUT2D eigenvalue weighted by Crippen LogP contribution is -2.40. The Kier molecular flexibility index (Phi) is 14.1. The maximum absolute atomic E-state index is 12.8. The Bertz CT molecular complexity index is 2530. The second-order valence-electron chi connectivity index (χ2n) is 14.6. The molecule has 0 radical (unpaired) electrons. The Labute approximate surface area is 354 Å². The van der Waals surface area contributed by atoms with Crippen LogP contribution in [0.15, 0.2) is 104 Å². The summed E-state index contributed by atoms with van der Waals surface area (Å²) in [6.45, 7) is 9.41. The summed E-state index contributed by atoms with van der Waals surface area (Å²) in [5, 5.41) is 29.4. The van der Waals surface area contributed by atoms with Crippen LogP contribution >= 0.6 is 0 Å². The Morgan fingerprint density at radius 3 is 1.93 bits per heavy atom. The molecule has 0 aliphatic carbocycles. The number of hydrogen-bond acceptors (Lipinski definition) is 11. The maximum atomic E-state index is 12.8. The fourth-order valence-electron chi connectivity index (χ4n) is 7.05. The highest BCUT2D eigenvalue weighted by Crippen LogP contribution is 2.34. The molecule has 0 saturated carbocycles. The summed E-state index contributed by atoms with van der Waals surface area (Å²) in [5.41, 5.74) is 13.7. The van der Waals surface area contributed by atoms with Gasteiger partial charge in [0, 0.05) is 31.7 Å². The molecular formula is C45H49BN8O7. The Morgan fingerprint density at radius 2 is 1.41 bits per heavy atom. The summed E-state index contributed by atoms with van der Waals surface area (Å²) in [7, 11) is 1.60. The molecule has 1 atom stereocenters. The number of aromatic nitrogens is 4. The summed E-state index contributed by atoms with van der Waals surface area (Å²) in [5.74, 6) is 0.912. The summed E-state index contributed by atoms with van der Waals surface area (Å²) in [6, 6.07) is 25.3. The van der Waals surface area contributed by atoms with Crippen LogP contribution in [0.5, 0.6) is 11.5 Å². The Morgan fingerprint density at radius 1 is 0.852 bits per heavy atom. The number of nitrogens with two attached hydrogens (primary N) is 1. The van der Waals surface area contributed by atoms with E-state index in [9.17, 15) is 14.4 Å². The number of piperidine rings is 1. The van der Waals surface area contributed by atoms with Crippen molar-refractivity contribution in [1.82, 2.24) is 35.3 Å². The first kappa shape index (κ1) is 43.5. The Hall–Kier alpha value is -7.04. The molecular weight excluding hydrogens is 775 g/mol. The number of carbonyl (C=O) groups excluding carboxylic acids is 3. The van der Waals surface area contributed by atoms with Gasteiger partial charge in [-0.25, -0.2) is 14.6 Å². The van der Waals surface area contributed by atoms with Gasteiger partial charge in [-0.15, -0.1) is 0 Å². The van der Waals surface area contributed by atoms with Gasteiger partial charge in [0.2, 0.25) is 5.91 Å². The molecule has 2 aromatic heterocycles. The zero-order chi connectivity index (χ0) is 43.6. The normalized spacial score (nSPS) is 13.4. The van der Waals surface area contributed by atoms with Crippen LogP contribution in [0.4, 0.5) is 5.82 Å².